The molecule has 3 rings (SSSR count). The van der Waals surface area contributed by atoms with Crippen LogP contribution in [0.15, 0.2) is 30.3 Å². The summed E-state index contributed by atoms with van der Waals surface area (Å²) in [6.45, 7) is -3.50. The summed E-state index contributed by atoms with van der Waals surface area (Å²) >= 11 is 0. The van der Waals surface area contributed by atoms with Crippen molar-refractivity contribution >= 4 is 0 Å². The summed E-state index contributed by atoms with van der Waals surface area (Å²) in [5, 5.41) is 10.3. The second kappa shape index (κ2) is 7.05. The lowest BCUT2D eigenvalue weighted by Crippen LogP contribution is -2.43. The van der Waals surface area contributed by atoms with E-state index in [1.807, 2.05) is 0 Å². The fourth-order valence-corrected chi connectivity index (χ4v) is 2.95. The second-order valence-electron chi connectivity index (χ2n) is 6.51. The Kier molecular flexibility index (Phi) is 5.09. The minimum Gasteiger partial charge on any atom is -0.490 e. The molecule has 0 bridgehead atoms. The zero-order valence-corrected chi connectivity index (χ0v) is 14.1. The van der Waals surface area contributed by atoms with Crippen LogP contribution < -0.4 is 10.5 Å². The SMILES string of the molecule is NC[C@](O)(c1cc2c(c(-c3ccc(F)cc3)n1)OCC2(CF)CF)C(F)F. The first-order chi connectivity index (χ1) is 12.8. The van der Waals surface area contributed by atoms with Crippen LogP contribution in [0.2, 0.25) is 0 Å². The lowest BCUT2D eigenvalue weighted by molar-refractivity contribution is -0.0975. The quantitative estimate of drug-likeness (QED) is 0.747. The summed E-state index contributed by atoms with van der Waals surface area (Å²) in [5.41, 5.74) is 0.507. The number of alkyl halides is 4. The summed E-state index contributed by atoms with van der Waals surface area (Å²) in [5.74, 6) is -0.533. The Morgan fingerprint density at radius 3 is 2.37 bits per heavy atom. The summed E-state index contributed by atoms with van der Waals surface area (Å²) in [4.78, 5) is 4.04. The maximum Gasteiger partial charge on any atom is 0.273 e. The van der Waals surface area contributed by atoms with Crippen molar-refractivity contribution < 1.29 is 31.8 Å². The van der Waals surface area contributed by atoms with Gasteiger partial charge in [0.15, 0.2) is 5.60 Å². The number of nitrogens with two attached hydrogens (primary N) is 1. The molecule has 1 atom stereocenters. The van der Waals surface area contributed by atoms with Gasteiger partial charge in [-0.25, -0.2) is 26.9 Å². The van der Waals surface area contributed by atoms with Crippen LogP contribution >= 0.6 is 0 Å². The third-order valence-electron chi connectivity index (χ3n) is 4.78. The number of rotatable bonds is 6. The van der Waals surface area contributed by atoms with Crippen LogP contribution in [0.1, 0.15) is 11.3 Å². The third kappa shape index (κ3) is 3.04. The van der Waals surface area contributed by atoms with Crippen molar-refractivity contribution in [3.8, 4) is 17.0 Å². The van der Waals surface area contributed by atoms with E-state index in [-0.39, 0.29) is 29.2 Å². The smallest absolute Gasteiger partial charge is 0.273 e. The molecule has 2 heterocycles. The number of nitrogens with zero attached hydrogens (tertiary/aromatic N) is 1. The van der Waals surface area contributed by atoms with Gasteiger partial charge in [0.2, 0.25) is 0 Å². The van der Waals surface area contributed by atoms with E-state index in [0.717, 1.165) is 18.2 Å². The molecule has 27 heavy (non-hydrogen) atoms. The van der Waals surface area contributed by atoms with Crippen LogP contribution in [-0.2, 0) is 11.0 Å². The number of halogens is 5. The molecule has 0 fully saturated rings. The standard InChI is InChI=1S/C18H17F5N2O2/c19-6-17(7-20)9-27-15-12(17)5-13(18(26,8-24)16(22)23)25-14(15)10-1-3-11(21)4-2-10/h1-5,16,26H,6-9,24H2/t18-/m0/s1. The fraction of sp³-hybridized carbons (Fsp3) is 0.389. The monoisotopic (exact) mass is 388 g/mol. The normalized spacial score (nSPS) is 17.5. The molecule has 0 saturated heterocycles. The molecule has 2 aromatic rings. The van der Waals surface area contributed by atoms with Crippen molar-refractivity contribution in [1.29, 1.82) is 0 Å². The highest BCUT2D eigenvalue weighted by atomic mass is 19.3. The van der Waals surface area contributed by atoms with Crippen LogP contribution in [0, 0.1) is 5.82 Å². The Bertz CT molecular complexity index is 827. The third-order valence-corrected chi connectivity index (χ3v) is 4.78. The highest BCUT2D eigenvalue weighted by Gasteiger charge is 2.47. The number of aliphatic hydroxyl groups is 1. The predicted octanol–water partition coefficient (Wildman–Crippen LogP) is 2.87. The largest absolute Gasteiger partial charge is 0.490 e. The van der Waals surface area contributed by atoms with Gasteiger partial charge in [-0.1, -0.05) is 0 Å². The molecule has 0 aliphatic carbocycles. The summed E-state index contributed by atoms with van der Waals surface area (Å²) in [6, 6.07) is 5.88. The summed E-state index contributed by atoms with van der Waals surface area (Å²) < 4.78 is 72.9. The van der Waals surface area contributed by atoms with Crippen molar-refractivity contribution in [3.05, 3.63) is 47.4 Å². The first-order valence-corrected chi connectivity index (χ1v) is 8.08. The van der Waals surface area contributed by atoms with E-state index < -0.39 is 48.8 Å². The van der Waals surface area contributed by atoms with Gasteiger partial charge in [0, 0.05) is 17.7 Å². The van der Waals surface area contributed by atoms with Gasteiger partial charge >= 0.3 is 0 Å². The van der Waals surface area contributed by atoms with Crippen molar-refractivity contribution in [1.82, 2.24) is 4.98 Å². The van der Waals surface area contributed by atoms with Crippen LogP contribution in [0.3, 0.4) is 0 Å². The minimum absolute atomic E-state index is 0.00861. The molecule has 0 spiro atoms. The molecule has 0 saturated carbocycles. The Hall–Kier alpha value is -2.26. The van der Waals surface area contributed by atoms with E-state index in [1.165, 1.54) is 12.1 Å². The molecule has 3 N–H and O–H groups in total. The summed E-state index contributed by atoms with van der Waals surface area (Å²) in [7, 11) is 0. The predicted molar refractivity (Wildman–Crippen MR) is 87.7 cm³/mol. The first-order valence-electron chi connectivity index (χ1n) is 8.08. The van der Waals surface area contributed by atoms with Crippen LogP contribution in [0.5, 0.6) is 5.75 Å². The van der Waals surface area contributed by atoms with Gasteiger partial charge in [-0.3, -0.25) is 0 Å². The van der Waals surface area contributed by atoms with E-state index in [9.17, 15) is 27.1 Å². The van der Waals surface area contributed by atoms with Gasteiger partial charge < -0.3 is 15.6 Å². The molecule has 1 aliphatic rings. The maximum atomic E-state index is 13.7. The Balaban J connectivity index is 2.29. The van der Waals surface area contributed by atoms with E-state index in [1.54, 1.807) is 0 Å². The minimum atomic E-state index is -3.29. The van der Waals surface area contributed by atoms with Gasteiger partial charge in [0.25, 0.3) is 6.43 Å². The van der Waals surface area contributed by atoms with Gasteiger partial charge in [-0.05, 0) is 30.3 Å². The molecular formula is C18H17F5N2O2. The molecular weight excluding hydrogens is 371 g/mol. The number of aromatic nitrogens is 1. The molecule has 4 nitrogen and oxygen atoms in total. The molecule has 9 heteroatoms. The summed E-state index contributed by atoms with van der Waals surface area (Å²) in [6.07, 6.45) is -3.29. The van der Waals surface area contributed by atoms with Gasteiger partial charge in [0.1, 0.15) is 37.2 Å². The second-order valence-corrected chi connectivity index (χ2v) is 6.51. The first kappa shape index (κ1) is 19.5. The van der Waals surface area contributed by atoms with Crippen LogP contribution in [0.4, 0.5) is 22.0 Å². The average Bonchev–Trinajstić information content (AvgIpc) is 3.06. The topological polar surface area (TPSA) is 68.4 Å². The van der Waals surface area contributed by atoms with Crippen LogP contribution in [0.25, 0.3) is 11.3 Å². The van der Waals surface area contributed by atoms with Crippen molar-refractivity contribution in [2.75, 3.05) is 26.5 Å². The number of ether oxygens (including phenoxy) is 1. The number of hydrogen-bond acceptors (Lipinski definition) is 4. The number of hydrogen-bond donors (Lipinski definition) is 2. The molecule has 0 unspecified atom stereocenters. The maximum absolute atomic E-state index is 13.7. The van der Waals surface area contributed by atoms with Gasteiger partial charge in [-0.15, -0.1) is 0 Å². The van der Waals surface area contributed by atoms with E-state index in [2.05, 4.69) is 4.98 Å². The zero-order chi connectivity index (χ0) is 19.8. The van der Waals surface area contributed by atoms with Gasteiger partial charge in [-0.2, -0.15) is 0 Å². The highest BCUT2D eigenvalue weighted by Crippen LogP contribution is 2.46. The number of pyridine rings is 1. The van der Waals surface area contributed by atoms with Crippen molar-refractivity contribution in [3.63, 3.8) is 0 Å². The Morgan fingerprint density at radius 2 is 1.85 bits per heavy atom. The van der Waals surface area contributed by atoms with Crippen LogP contribution in [-0.4, -0.2) is 43.0 Å². The highest BCUT2D eigenvalue weighted by molar-refractivity contribution is 5.71. The molecule has 1 aromatic heterocycles. The Morgan fingerprint density at radius 1 is 1.22 bits per heavy atom. The van der Waals surface area contributed by atoms with Crippen molar-refractivity contribution in [2.45, 2.75) is 17.4 Å². The fourth-order valence-electron chi connectivity index (χ4n) is 2.95. The molecule has 146 valence electrons. The molecule has 1 aliphatic heterocycles. The number of benzene rings is 1. The Labute approximate surface area is 151 Å². The average molecular weight is 388 g/mol. The molecule has 0 amide bonds. The lowest BCUT2D eigenvalue weighted by atomic mass is 9.83. The lowest BCUT2D eigenvalue weighted by Gasteiger charge is -2.27. The van der Waals surface area contributed by atoms with E-state index in [4.69, 9.17) is 10.5 Å². The van der Waals surface area contributed by atoms with Crippen molar-refractivity contribution in [2.24, 2.45) is 5.73 Å². The van der Waals surface area contributed by atoms with E-state index >= 15 is 0 Å². The van der Waals surface area contributed by atoms with Gasteiger partial charge in [0.05, 0.1) is 11.1 Å². The molecule has 1 aromatic carbocycles. The van der Waals surface area contributed by atoms with E-state index in [0.29, 0.717) is 0 Å². The molecule has 0 radical (unpaired) electrons. The number of fused-ring (bicyclic) bond motifs is 1. The zero-order valence-electron chi connectivity index (χ0n) is 14.1.